The second kappa shape index (κ2) is 8.81. The molecule has 1 aromatic heterocycles. The summed E-state index contributed by atoms with van der Waals surface area (Å²) in [6.45, 7) is 2.45. The van der Waals surface area contributed by atoms with Crippen molar-refractivity contribution in [2.45, 2.75) is 23.2 Å². The van der Waals surface area contributed by atoms with E-state index in [0.29, 0.717) is 0 Å². The van der Waals surface area contributed by atoms with Crippen LogP contribution in [-0.2, 0) is 16.2 Å². The predicted molar refractivity (Wildman–Crippen MR) is 197 cm³/mol. The van der Waals surface area contributed by atoms with Gasteiger partial charge in [-0.05, 0) is 73.8 Å². The Hall–Kier alpha value is -4.69. The fourth-order valence-corrected chi connectivity index (χ4v) is 11.9. The van der Waals surface area contributed by atoms with E-state index in [0.717, 1.165) is 5.02 Å². The molecule has 4 aliphatic rings. The van der Waals surface area contributed by atoms with Crippen LogP contribution < -0.4 is 0 Å². The Morgan fingerprint density at radius 3 is 1.96 bits per heavy atom. The van der Waals surface area contributed by atoms with Crippen molar-refractivity contribution in [3.05, 3.63) is 201 Å². The highest BCUT2D eigenvalue weighted by Crippen LogP contribution is 2.70. The number of hydrogen-bond donors (Lipinski definition) is 0. The highest BCUT2D eigenvalue weighted by Gasteiger charge is 2.64. The lowest BCUT2D eigenvalue weighted by molar-refractivity contribution is 0.354. The summed E-state index contributed by atoms with van der Waals surface area (Å²) in [6.07, 6.45) is 9.47. The second-order valence-corrected chi connectivity index (χ2v) is 15.3. The van der Waals surface area contributed by atoms with E-state index in [4.69, 9.17) is 11.6 Å². The fourth-order valence-electron chi connectivity index (χ4n) is 10.4. The van der Waals surface area contributed by atoms with Crippen molar-refractivity contribution in [2.75, 3.05) is 0 Å². The summed E-state index contributed by atoms with van der Waals surface area (Å²) in [6, 6.07) is 48.3. The van der Waals surface area contributed by atoms with E-state index >= 15 is 0 Å². The van der Waals surface area contributed by atoms with Gasteiger partial charge in [-0.3, -0.25) is 0 Å². The molecule has 2 spiro atoms. The van der Waals surface area contributed by atoms with Crippen molar-refractivity contribution in [2.24, 2.45) is 5.92 Å². The van der Waals surface area contributed by atoms with Crippen LogP contribution in [0.3, 0.4) is 0 Å². The van der Waals surface area contributed by atoms with Gasteiger partial charge in [0.05, 0.1) is 10.8 Å². The van der Waals surface area contributed by atoms with Gasteiger partial charge >= 0.3 is 0 Å². The molecular weight excluding hydrogens is 608 g/mol. The topological polar surface area (TPSA) is 0 Å². The Morgan fingerprint density at radius 1 is 0.574 bits per heavy atom. The molecule has 6 aromatic carbocycles. The zero-order valence-electron chi connectivity index (χ0n) is 25.8. The van der Waals surface area contributed by atoms with Crippen LogP contribution in [-0.4, -0.2) is 0 Å². The average molecular weight is 637 g/mol. The van der Waals surface area contributed by atoms with Gasteiger partial charge in [0.15, 0.2) is 0 Å². The molecule has 11 rings (SSSR count). The van der Waals surface area contributed by atoms with Gasteiger partial charge in [0, 0.05) is 36.5 Å². The van der Waals surface area contributed by atoms with E-state index in [2.05, 4.69) is 159 Å². The largest absolute Gasteiger partial charge is 0.135 e. The van der Waals surface area contributed by atoms with E-state index in [1.165, 1.54) is 75.8 Å². The SMILES string of the molecule is CC12C=CC=CC1C1(c3ccccc3C3(c4ccc(Cl)cc4-c4ccc5c(sc6ccccc65)c43)c3ccccc31)c1ccccc12. The number of allylic oxidation sites excluding steroid dienone is 4. The highest BCUT2D eigenvalue weighted by molar-refractivity contribution is 7.26. The number of thiophene rings is 1. The van der Waals surface area contributed by atoms with Gasteiger partial charge in [-0.25, -0.2) is 0 Å². The third-order valence-corrected chi connectivity index (χ3v) is 13.5. The van der Waals surface area contributed by atoms with Crippen molar-refractivity contribution in [1.82, 2.24) is 0 Å². The Balaban J connectivity index is 1.37. The van der Waals surface area contributed by atoms with Crippen molar-refractivity contribution in [3.8, 4) is 11.1 Å². The summed E-state index contributed by atoms with van der Waals surface area (Å²) in [4.78, 5) is 0. The monoisotopic (exact) mass is 636 g/mol. The Morgan fingerprint density at radius 2 is 1.21 bits per heavy atom. The molecule has 0 saturated carbocycles. The van der Waals surface area contributed by atoms with Gasteiger partial charge in [0.1, 0.15) is 0 Å². The quantitative estimate of drug-likeness (QED) is 0.155. The maximum Gasteiger partial charge on any atom is 0.0733 e. The van der Waals surface area contributed by atoms with Crippen LogP contribution in [0.1, 0.15) is 51.4 Å². The minimum atomic E-state index is -0.504. The first-order valence-electron chi connectivity index (χ1n) is 16.5. The molecule has 2 unspecified atom stereocenters. The van der Waals surface area contributed by atoms with Gasteiger partial charge in [-0.2, -0.15) is 0 Å². The highest BCUT2D eigenvalue weighted by atomic mass is 35.5. The van der Waals surface area contributed by atoms with Crippen LogP contribution in [0.5, 0.6) is 0 Å². The number of hydrogen-bond acceptors (Lipinski definition) is 1. The molecule has 0 N–H and O–H groups in total. The molecule has 0 amide bonds. The maximum absolute atomic E-state index is 6.84. The molecule has 4 aliphatic carbocycles. The Labute approximate surface area is 283 Å². The first-order valence-corrected chi connectivity index (χ1v) is 17.7. The molecular formula is C45H29ClS. The third kappa shape index (κ3) is 2.86. The molecule has 0 bridgehead atoms. The molecule has 2 atom stereocenters. The van der Waals surface area contributed by atoms with Crippen molar-refractivity contribution < 1.29 is 0 Å². The van der Waals surface area contributed by atoms with Crippen molar-refractivity contribution in [3.63, 3.8) is 0 Å². The zero-order valence-corrected chi connectivity index (χ0v) is 27.4. The van der Waals surface area contributed by atoms with Crippen molar-refractivity contribution >= 4 is 43.1 Å². The summed E-state index contributed by atoms with van der Waals surface area (Å²) in [5.41, 5.74) is 12.7. The van der Waals surface area contributed by atoms with E-state index < -0.39 is 5.41 Å². The molecule has 0 aliphatic heterocycles. The molecule has 2 heteroatoms. The lowest BCUT2D eigenvalue weighted by atomic mass is 9.50. The molecule has 0 nitrogen and oxygen atoms in total. The Kier molecular flexibility index (Phi) is 4.94. The summed E-state index contributed by atoms with van der Waals surface area (Å²) in [5, 5.41) is 3.43. The predicted octanol–water partition coefficient (Wildman–Crippen LogP) is 11.7. The first-order chi connectivity index (χ1) is 23.1. The molecule has 1 heterocycles. The van der Waals surface area contributed by atoms with Crippen LogP contribution in [0.15, 0.2) is 152 Å². The summed E-state index contributed by atoms with van der Waals surface area (Å²) in [5.74, 6) is 0.225. The zero-order chi connectivity index (χ0) is 31.1. The Bertz CT molecular complexity index is 2530. The number of halogens is 1. The first kappa shape index (κ1) is 26.4. The lowest BCUT2D eigenvalue weighted by Gasteiger charge is -2.51. The smallest absolute Gasteiger partial charge is 0.0733 e. The van der Waals surface area contributed by atoms with Gasteiger partial charge in [0.2, 0.25) is 0 Å². The number of fused-ring (bicyclic) bond motifs is 20. The maximum atomic E-state index is 6.84. The van der Waals surface area contributed by atoms with E-state index in [9.17, 15) is 0 Å². The molecule has 0 saturated heterocycles. The second-order valence-electron chi connectivity index (χ2n) is 13.9. The minimum absolute atomic E-state index is 0.131. The van der Waals surface area contributed by atoms with Gasteiger partial charge in [-0.1, -0.05) is 152 Å². The fraction of sp³-hybridized carbons (Fsp3) is 0.111. The molecule has 0 radical (unpaired) electrons. The summed E-state index contributed by atoms with van der Waals surface area (Å²) >= 11 is 8.77. The average Bonchev–Trinajstić information content (AvgIpc) is 3.71. The lowest BCUT2D eigenvalue weighted by Crippen LogP contribution is -2.48. The normalized spacial score (nSPS) is 25.5. The number of benzene rings is 6. The van der Waals surface area contributed by atoms with E-state index in [1.54, 1.807) is 0 Å². The molecule has 222 valence electrons. The van der Waals surface area contributed by atoms with Crippen LogP contribution >= 0.6 is 22.9 Å². The molecule has 7 aromatic rings. The van der Waals surface area contributed by atoms with Crippen LogP contribution in [0.2, 0.25) is 5.02 Å². The van der Waals surface area contributed by atoms with Gasteiger partial charge in [-0.15, -0.1) is 11.3 Å². The van der Waals surface area contributed by atoms with E-state index in [-0.39, 0.29) is 16.7 Å². The third-order valence-electron chi connectivity index (χ3n) is 12.0. The minimum Gasteiger partial charge on any atom is -0.135 e. The summed E-state index contributed by atoms with van der Waals surface area (Å²) < 4.78 is 2.70. The number of rotatable bonds is 0. The van der Waals surface area contributed by atoms with Crippen LogP contribution in [0.25, 0.3) is 31.3 Å². The molecule has 47 heavy (non-hydrogen) atoms. The van der Waals surface area contributed by atoms with E-state index in [1.807, 2.05) is 11.3 Å². The van der Waals surface area contributed by atoms with Crippen LogP contribution in [0, 0.1) is 5.92 Å². The van der Waals surface area contributed by atoms with Crippen molar-refractivity contribution in [1.29, 1.82) is 0 Å². The summed E-state index contributed by atoms with van der Waals surface area (Å²) in [7, 11) is 0. The van der Waals surface area contributed by atoms with Gasteiger partial charge < -0.3 is 0 Å². The van der Waals surface area contributed by atoms with Crippen LogP contribution in [0.4, 0.5) is 0 Å². The van der Waals surface area contributed by atoms with Gasteiger partial charge in [0.25, 0.3) is 0 Å². The standard InChI is InChI=1S/C45H29ClS/c1-43-25-11-10-20-40(43)44(34-14-4-3-13-33(34)43)35-15-5-7-17-37(35)45(38-18-8-6-16-36(38)44)32-24-21-27(46)26-31(32)29-22-23-30-28-12-2-9-19-39(28)47-42(30)41(29)45/h2-26,40H,1H3. The molecule has 0 fully saturated rings.